The Kier molecular flexibility index (Phi) is 9.00. The first-order valence-corrected chi connectivity index (χ1v) is 10.7. The maximum Gasteiger partial charge on any atom is 0.243 e. The summed E-state index contributed by atoms with van der Waals surface area (Å²) in [5.74, 6) is 0.381. The van der Waals surface area contributed by atoms with Gasteiger partial charge in [-0.05, 0) is 55.7 Å². The van der Waals surface area contributed by atoms with Crippen LogP contribution in [-0.4, -0.2) is 35.9 Å². The molecule has 0 heterocycles. The van der Waals surface area contributed by atoms with E-state index in [1.165, 1.54) is 0 Å². The number of halogens is 2. The van der Waals surface area contributed by atoms with E-state index in [4.69, 9.17) is 27.9 Å². The SMILES string of the molecule is CC[C@@H](C(=O)NC(C)C)N(Cc1ccc(OC)cc1)C(=O)Cc1ccc(Cl)cc1Cl. The summed E-state index contributed by atoms with van der Waals surface area (Å²) in [4.78, 5) is 27.7. The third kappa shape index (κ3) is 6.64. The number of amides is 2. The van der Waals surface area contributed by atoms with Crippen molar-refractivity contribution in [3.63, 3.8) is 0 Å². The molecule has 0 saturated carbocycles. The van der Waals surface area contributed by atoms with E-state index in [1.807, 2.05) is 45.0 Å². The lowest BCUT2D eigenvalue weighted by atomic mass is 10.1. The molecule has 0 aliphatic heterocycles. The summed E-state index contributed by atoms with van der Waals surface area (Å²) >= 11 is 12.2. The van der Waals surface area contributed by atoms with Gasteiger partial charge in [-0.3, -0.25) is 9.59 Å². The van der Waals surface area contributed by atoms with Crippen LogP contribution < -0.4 is 10.1 Å². The number of nitrogens with zero attached hydrogens (tertiary/aromatic N) is 1. The zero-order valence-electron chi connectivity index (χ0n) is 17.7. The van der Waals surface area contributed by atoms with Crippen LogP contribution in [0.5, 0.6) is 5.75 Å². The van der Waals surface area contributed by atoms with Gasteiger partial charge in [0.1, 0.15) is 11.8 Å². The summed E-state index contributed by atoms with van der Waals surface area (Å²) in [6, 6.07) is 11.9. The number of rotatable bonds is 9. The molecule has 7 heteroatoms. The molecule has 30 heavy (non-hydrogen) atoms. The van der Waals surface area contributed by atoms with E-state index in [0.717, 1.165) is 11.3 Å². The third-order valence-electron chi connectivity index (χ3n) is 4.69. The van der Waals surface area contributed by atoms with Crippen molar-refractivity contribution in [2.45, 2.75) is 52.2 Å². The molecular formula is C23H28Cl2N2O3. The van der Waals surface area contributed by atoms with E-state index in [2.05, 4.69) is 5.32 Å². The quantitative estimate of drug-likeness (QED) is 0.592. The van der Waals surface area contributed by atoms with Gasteiger partial charge in [-0.1, -0.05) is 48.3 Å². The largest absolute Gasteiger partial charge is 0.497 e. The minimum absolute atomic E-state index is 0.0183. The maximum atomic E-state index is 13.3. The number of hydrogen-bond acceptors (Lipinski definition) is 3. The van der Waals surface area contributed by atoms with E-state index < -0.39 is 6.04 Å². The molecule has 0 unspecified atom stereocenters. The highest BCUT2D eigenvalue weighted by Crippen LogP contribution is 2.23. The number of carbonyl (C=O) groups is 2. The Bertz CT molecular complexity index is 869. The summed E-state index contributed by atoms with van der Waals surface area (Å²) in [7, 11) is 1.60. The summed E-state index contributed by atoms with van der Waals surface area (Å²) < 4.78 is 5.20. The van der Waals surface area contributed by atoms with Crippen molar-refractivity contribution in [2.24, 2.45) is 0 Å². The highest BCUT2D eigenvalue weighted by molar-refractivity contribution is 6.35. The Morgan fingerprint density at radius 1 is 1.10 bits per heavy atom. The average Bonchev–Trinajstić information content (AvgIpc) is 2.69. The lowest BCUT2D eigenvalue weighted by Crippen LogP contribution is -2.50. The highest BCUT2D eigenvalue weighted by atomic mass is 35.5. The Balaban J connectivity index is 2.31. The fraction of sp³-hybridized carbons (Fsp3) is 0.391. The van der Waals surface area contributed by atoms with Crippen molar-refractivity contribution in [3.05, 3.63) is 63.6 Å². The molecule has 0 aromatic heterocycles. The second kappa shape index (κ2) is 11.2. The number of benzene rings is 2. The zero-order chi connectivity index (χ0) is 22.3. The van der Waals surface area contributed by atoms with E-state index in [-0.39, 0.29) is 24.3 Å². The number of hydrogen-bond donors (Lipinski definition) is 1. The molecule has 0 radical (unpaired) electrons. The predicted molar refractivity (Wildman–Crippen MR) is 121 cm³/mol. The number of carbonyl (C=O) groups excluding carboxylic acids is 2. The fourth-order valence-electron chi connectivity index (χ4n) is 3.16. The van der Waals surface area contributed by atoms with Gasteiger partial charge >= 0.3 is 0 Å². The molecular weight excluding hydrogens is 423 g/mol. The van der Waals surface area contributed by atoms with E-state index >= 15 is 0 Å². The van der Waals surface area contributed by atoms with Crippen LogP contribution in [0.3, 0.4) is 0 Å². The molecule has 0 bridgehead atoms. The second-order valence-electron chi connectivity index (χ2n) is 7.37. The van der Waals surface area contributed by atoms with Crippen molar-refractivity contribution in [1.29, 1.82) is 0 Å². The van der Waals surface area contributed by atoms with Gasteiger partial charge in [0, 0.05) is 22.6 Å². The molecule has 2 rings (SSSR count). The van der Waals surface area contributed by atoms with Crippen LogP contribution in [0.25, 0.3) is 0 Å². The first-order chi connectivity index (χ1) is 14.2. The number of ether oxygens (including phenoxy) is 1. The molecule has 0 spiro atoms. The average molecular weight is 451 g/mol. The molecule has 2 aromatic carbocycles. The molecule has 1 N–H and O–H groups in total. The normalized spacial score (nSPS) is 11.8. The second-order valence-corrected chi connectivity index (χ2v) is 8.21. The van der Waals surface area contributed by atoms with E-state index in [9.17, 15) is 9.59 Å². The van der Waals surface area contributed by atoms with Crippen molar-refractivity contribution in [2.75, 3.05) is 7.11 Å². The van der Waals surface area contributed by atoms with Crippen molar-refractivity contribution in [3.8, 4) is 5.75 Å². The molecule has 162 valence electrons. The van der Waals surface area contributed by atoms with Gasteiger partial charge in [-0.2, -0.15) is 0 Å². The van der Waals surface area contributed by atoms with Crippen LogP contribution in [0.4, 0.5) is 0 Å². The molecule has 0 aliphatic carbocycles. The molecule has 1 atom stereocenters. The zero-order valence-corrected chi connectivity index (χ0v) is 19.3. The standard InChI is InChI=1S/C23H28Cl2N2O3/c1-5-21(23(29)26-15(2)3)27(14-16-6-10-19(30-4)11-7-16)22(28)12-17-8-9-18(24)13-20(17)25/h6-11,13,15,21H,5,12,14H2,1-4H3,(H,26,29)/t21-/m0/s1. The Labute approximate surface area is 188 Å². The summed E-state index contributed by atoms with van der Waals surface area (Å²) in [5, 5.41) is 3.86. The topological polar surface area (TPSA) is 58.6 Å². The maximum absolute atomic E-state index is 13.3. The first-order valence-electron chi connectivity index (χ1n) is 9.91. The molecule has 0 fully saturated rings. The van der Waals surface area contributed by atoms with Crippen molar-refractivity contribution >= 4 is 35.0 Å². The molecule has 2 amide bonds. The Morgan fingerprint density at radius 3 is 2.30 bits per heavy atom. The van der Waals surface area contributed by atoms with Crippen LogP contribution in [-0.2, 0) is 22.6 Å². The van der Waals surface area contributed by atoms with Gasteiger partial charge in [-0.15, -0.1) is 0 Å². The molecule has 0 aliphatic rings. The number of nitrogens with one attached hydrogen (secondary N) is 1. The smallest absolute Gasteiger partial charge is 0.243 e. The van der Waals surface area contributed by atoms with Crippen molar-refractivity contribution in [1.82, 2.24) is 10.2 Å². The molecule has 0 saturated heterocycles. The van der Waals surface area contributed by atoms with E-state index in [1.54, 1.807) is 30.2 Å². The van der Waals surface area contributed by atoms with E-state index in [0.29, 0.717) is 28.6 Å². The summed E-state index contributed by atoms with van der Waals surface area (Å²) in [5.41, 5.74) is 1.58. The molecule has 5 nitrogen and oxygen atoms in total. The van der Waals surface area contributed by atoms with Gasteiger partial charge in [0.15, 0.2) is 0 Å². The summed E-state index contributed by atoms with van der Waals surface area (Å²) in [6.07, 6.45) is 0.576. The Hall–Kier alpha value is -2.24. The lowest BCUT2D eigenvalue weighted by molar-refractivity contribution is -0.141. The van der Waals surface area contributed by atoms with Crippen molar-refractivity contribution < 1.29 is 14.3 Å². The van der Waals surface area contributed by atoms with Crippen LogP contribution in [0, 0.1) is 0 Å². The minimum atomic E-state index is -0.590. The van der Waals surface area contributed by atoms with Gasteiger partial charge in [-0.25, -0.2) is 0 Å². The van der Waals surface area contributed by atoms with Gasteiger partial charge in [0.25, 0.3) is 0 Å². The van der Waals surface area contributed by atoms with Gasteiger partial charge < -0.3 is 15.0 Å². The van der Waals surface area contributed by atoms with Gasteiger partial charge in [0.2, 0.25) is 11.8 Å². The monoisotopic (exact) mass is 450 g/mol. The van der Waals surface area contributed by atoms with Crippen LogP contribution >= 0.6 is 23.2 Å². The Morgan fingerprint density at radius 2 is 1.77 bits per heavy atom. The lowest BCUT2D eigenvalue weighted by Gasteiger charge is -2.31. The van der Waals surface area contributed by atoms with Crippen LogP contribution in [0.2, 0.25) is 10.0 Å². The third-order valence-corrected chi connectivity index (χ3v) is 5.27. The highest BCUT2D eigenvalue weighted by Gasteiger charge is 2.29. The number of methoxy groups -OCH3 is 1. The molecule has 2 aromatic rings. The van der Waals surface area contributed by atoms with Gasteiger partial charge in [0.05, 0.1) is 13.5 Å². The predicted octanol–water partition coefficient (Wildman–Crippen LogP) is 4.88. The minimum Gasteiger partial charge on any atom is -0.497 e. The fourth-order valence-corrected chi connectivity index (χ4v) is 3.63. The van der Waals surface area contributed by atoms with Crippen LogP contribution in [0.15, 0.2) is 42.5 Å². The first kappa shape index (κ1) is 24.0. The van der Waals surface area contributed by atoms with Crippen LogP contribution in [0.1, 0.15) is 38.3 Å². The summed E-state index contributed by atoms with van der Waals surface area (Å²) in [6.45, 7) is 5.99.